The molecule has 2 rings (SSSR count). The topological polar surface area (TPSA) is 32.3 Å². The first kappa shape index (κ1) is 13.1. The van der Waals surface area contributed by atoms with Crippen LogP contribution in [-0.4, -0.2) is 26.0 Å². The highest BCUT2D eigenvalue weighted by Crippen LogP contribution is 2.33. The zero-order chi connectivity index (χ0) is 13.2. The van der Waals surface area contributed by atoms with Crippen LogP contribution < -0.4 is 10.2 Å². The van der Waals surface area contributed by atoms with Gasteiger partial charge in [0.25, 0.3) is 0 Å². The van der Waals surface area contributed by atoms with E-state index in [2.05, 4.69) is 31.3 Å². The van der Waals surface area contributed by atoms with Crippen LogP contribution in [0.5, 0.6) is 0 Å². The third-order valence-corrected chi connectivity index (χ3v) is 4.07. The Bertz CT molecular complexity index is 436. The Labute approximate surface area is 109 Å². The van der Waals surface area contributed by atoms with Gasteiger partial charge in [0.2, 0.25) is 5.91 Å². The van der Waals surface area contributed by atoms with Gasteiger partial charge in [-0.25, -0.2) is 0 Å². The van der Waals surface area contributed by atoms with Gasteiger partial charge >= 0.3 is 0 Å². The van der Waals surface area contributed by atoms with Gasteiger partial charge in [-0.05, 0) is 44.0 Å². The number of aryl methyl sites for hydroxylation is 1. The zero-order valence-electron chi connectivity index (χ0n) is 11.5. The number of hydrogen-bond donors (Lipinski definition) is 1. The molecule has 0 aromatic heterocycles. The lowest BCUT2D eigenvalue weighted by atomic mass is 9.82. The van der Waals surface area contributed by atoms with Crippen molar-refractivity contribution in [1.82, 2.24) is 5.32 Å². The van der Waals surface area contributed by atoms with Crippen molar-refractivity contribution in [2.45, 2.75) is 26.7 Å². The summed E-state index contributed by atoms with van der Waals surface area (Å²) < 4.78 is 0. The molecular formula is C15H22N2O. The molecule has 0 spiro atoms. The van der Waals surface area contributed by atoms with Crippen LogP contribution in [0.3, 0.4) is 0 Å². The Morgan fingerprint density at radius 3 is 2.83 bits per heavy atom. The first-order valence-corrected chi connectivity index (χ1v) is 6.64. The second kappa shape index (κ2) is 5.11. The maximum absolute atomic E-state index is 12.7. The van der Waals surface area contributed by atoms with E-state index < -0.39 is 0 Å². The molecule has 1 N–H and O–H groups in total. The lowest BCUT2D eigenvalue weighted by Crippen LogP contribution is -2.43. The van der Waals surface area contributed by atoms with Gasteiger partial charge in [-0.2, -0.15) is 0 Å². The van der Waals surface area contributed by atoms with E-state index >= 15 is 0 Å². The van der Waals surface area contributed by atoms with Crippen molar-refractivity contribution in [2.75, 3.05) is 25.0 Å². The molecule has 1 aliphatic rings. The molecule has 1 aromatic rings. The van der Waals surface area contributed by atoms with Gasteiger partial charge in [-0.3, -0.25) is 4.79 Å². The first-order chi connectivity index (χ1) is 8.59. The number of hydrogen-bond acceptors (Lipinski definition) is 2. The third kappa shape index (κ3) is 2.27. The minimum Gasteiger partial charge on any atom is -0.316 e. The summed E-state index contributed by atoms with van der Waals surface area (Å²) in [5.41, 5.74) is 1.96. The lowest BCUT2D eigenvalue weighted by Gasteiger charge is -2.31. The van der Waals surface area contributed by atoms with E-state index in [-0.39, 0.29) is 11.3 Å². The van der Waals surface area contributed by atoms with Crippen molar-refractivity contribution in [3.8, 4) is 0 Å². The van der Waals surface area contributed by atoms with Gasteiger partial charge in [0.15, 0.2) is 0 Å². The molecule has 1 atom stereocenters. The van der Waals surface area contributed by atoms with Gasteiger partial charge in [0.05, 0.1) is 5.41 Å². The van der Waals surface area contributed by atoms with Crippen molar-refractivity contribution in [2.24, 2.45) is 5.41 Å². The third-order valence-electron chi connectivity index (χ3n) is 4.07. The molecule has 1 fully saturated rings. The summed E-state index contributed by atoms with van der Waals surface area (Å²) in [6.07, 6.45) is 1.84. The van der Waals surface area contributed by atoms with E-state index in [4.69, 9.17) is 0 Å². The smallest absolute Gasteiger partial charge is 0.234 e. The highest BCUT2D eigenvalue weighted by Gasteiger charge is 2.41. The van der Waals surface area contributed by atoms with Crippen LogP contribution in [0.4, 0.5) is 5.69 Å². The average molecular weight is 246 g/mol. The molecule has 98 valence electrons. The summed E-state index contributed by atoms with van der Waals surface area (Å²) in [4.78, 5) is 14.5. The minimum atomic E-state index is -0.210. The molecule has 1 amide bonds. The normalized spacial score (nSPS) is 23.1. The van der Waals surface area contributed by atoms with E-state index in [1.165, 1.54) is 5.56 Å². The predicted octanol–water partition coefficient (Wildman–Crippen LogP) is 2.35. The van der Waals surface area contributed by atoms with E-state index in [1.807, 2.05) is 24.1 Å². The molecule has 0 bridgehead atoms. The van der Waals surface area contributed by atoms with Crippen molar-refractivity contribution < 1.29 is 4.79 Å². The van der Waals surface area contributed by atoms with Gasteiger partial charge in [-0.1, -0.05) is 19.1 Å². The molecular weight excluding hydrogens is 224 g/mol. The molecule has 0 aliphatic carbocycles. The monoisotopic (exact) mass is 246 g/mol. The SMILES string of the molecule is CCC1(C(=O)N(C)c2cccc(C)c2)CCNC1. The fourth-order valence-corrected chi connectivity index (χ4v) is 2.69. The average Bonchev–Trinajstić information content (AvgIpc) is 2.87. The molecule has 1 saturated heterocycles. The Morgan fingerprint density at radius 2 is 2.28 bits per heavy atom. The number of amides is 1. The first-order valence-electron chi connectivity index (χ1n) is 6.64. The van der Waals surface area contributed by atoms with Crippen LogP contribution in [0.25, 0.3) is 0 Å². The second-order valence-corrected chi connectivity index (χ2v) is 5.26. The van der Waals surface area contributed by atoms with Crippen LogP contribution in [0.2, 0.25) is 0 Å². The Morgan fingerprint density at radius 1 is 1.50 bits per heavy atom. The predicted molar refractivity (Wildman–Crippen MR) is 74.8 cm³/mol. The maximum atomic E-state index is 12.7. The van der Waals surface area contributed by atoms with Gasteiger partial charge < -0.3 is 10.2 Å². The van der Waals surface area contributed by atoms with Crippen molar-refractivity contribution in [3.05, 3.63) is 29.8 Å². The van der Waals surface area contributed by atoms with Gasteiger partial charge in [0, 0.05) is 19.3 Å². The summed E-state index contributed by atoms with van der Waals surface area (Å²) in [5.74, 6) is 0.237. The molecule has 3 heteroatoms. The highest BCUT2D eigenvalue weighted by molar-refractivity contribution is 5.97. The fraction of sp³-hybridized carbons (Fsp3) is 0.533. The van der Waals surface area contributed by atoms with Gasteiger partial charge in [-0.15, -0.1) is 0 Å². The molecule has 1 aliphatic heterocycles. The molecule has 1 heterocycles. The summed E-state index contributed by atoms with van der Waals surface area (Å²) >= 11 is 0. The second-order valence-electron chi connectivity index (χ2n) is 5.26. The number of anilines is 1. The van der Waals surface area contributed by atoms with Crippen LogP contribution in [-0.2, 0) is 4.79 Å². The lowest BCUT2D eigenvalue weighted by molar-refractivity contribution is -0.127. The van der Waals surface area contributed by atoms with E-state index in [0.29, 0.717) is 0 Å². The van der Waals surface area contributed by atoms with Crippen molar-refractivity contribution in [3.63, 3.8) is 0 Å². The number of carbonyl (C=O) groups excluding carboxylic acids is 1. The minimum absolute atomic E-state index is 0.210. The Kier molecular flexibility index (Phi) is 3.71. The molecule has 0 saturated carbocycles. The molecule has 18 heavy (non-hydrogen) atoms. The van der Waals surface area contributed by atoms with Crippen LogP contribution in [0.15, 0.2) is 24.3 Å². The fourth-order valence-electron chi connectivity index (χ4n) is 2.69. The van der Waals surface area contributed by atoms with E-state index in [1.54, 1.807) is 0 Å². The number of benzene rings is 1. The number of rotatable bonds is 3. The summed E-state index contributed by atoms with van der Waals surface area (Å²) in [6, 6.07) is 8.11. The number of carbonyl (C=O) groups is 1. The number of nitrogens with zero attached hydrogens (tertiary/aromatic N) is 1. The van der Waals surface area contributed by atoms with Crippen molar-refractivity contribution >= 4 is 11.6 Å². The Balaban J connectivity index is 2.23. The van der Waals surface area contributed by atoms with Crippen LogP contribution in [0, 0.1) is 12.3 Å². The quantitative estimate of drug-likeness (QED) is 0.888. The molecule has 0 radical (unpaired) electrons. The molecule has 1 unspecified atom stereocenters. The Hall–Kier alpha value is -1.35. The largest absolute Gasteiger partial charge is 0.316 e. The van der Waals surface area contributed by atoms with Crippen LogP contribution >= 0.6 is 0 Å². The van der Waals surface area contributed by atoms with E-state index in [0.717, 1.165) is 31.6 Å². The summed E-state index contributed by atoms with van der Waals surface area (Å²) in [7, 11) is 1.88. The summed E-state index contributed by atoms with van der Waals surface area (Å²) in [5, 5.41) is 3.32. The molecule has 1 aromatic carbocycles. The number of nitrogens with one attached hydrogen (secondary N) is 1. The standard InChI is InChI=1S/C15H22N2O/c1-4-15(8-9-16-11-15)14(18)17(3)13-7-5-6-12(2)10-13/h5-7,10,16H,4,8-9,11H2,1-3H3. The maximum Gasteiger partial charge on any atom is 0.234 e. The zero-order valence-corrected chi connectivity index (χ0v) is 11.5. The van der Waals surface area contributed by atoms with Crippen molar-refractivity contribution in [1.29, 1.82) is 0 Å². The van der Waals surface area contributed by atoms with Crippen LogP contribution in [0.1, 0.15) is 25.3 Å². The van der Waals surface area contributed by atoms with E-state index in [9.17, 15) is 4.79 Å². The summed E-state index contributed by atoms with van der Waals surface area (Å²) in [6.45, 7) is 5.91. The molecule has 3 nitrogen and oxygen atoms in total. The highest BCUT2D eigenvalue weighted by atomic mass is 16.2. The van der Waals surface area contributed by atoms with Gasteiger partial charge in [0.1, 0.15) is 0 Å².